The molecule has 22 heavy (non-hydrogen) atoms. The highest BCUT2D eigenvalue weighted by molar-refractivity contribution is 5.47. The summed E-state index contributed by atoms with van der Waals surface area (Å²) in [5, 5.41) is 3.61. The van der Waals surface area contributed by atoms with Crippen LogP contribution in [0.25, 0.3) is 0 Å². The van der Waals surface area contributed by atoms with Crippen LogP contribution in [-0.2, 0) is 6.54 Å². The average Bonchev–Trinajstić information content (AvgIpc) is 3.10. The van der Waals surface area contributed by atoms with Crippen LogP contribution >= 0.6 is 0 Å². The Kier molecular flexibility index (Phi) is 4.43. The zero-order valence-electron chi connectivity index (χ0n) is 13.2. The van der Waals surface area contributed by atoms with Gasteiger partial charge in [-0.1, -0.05) is 0 Å². The summed E-state index contributed by atoms with van der Waals surface area (Å²) in [6.45, 7) is 8.03. The second kappa shape index (κ2) is 6.48. The minimum absolute atomic E-state index is 0.177. The lowest BCUT2D eigenvalue weighted by Gasteiger charge is -2.19. The van der Waals surface area contributed by atoms with Gasteiger partial charge in [-0.3, -0.25) is 0 Å². The highest BCUT2D eigenvalue weighted by Gasteiger charge is 2.22. The van der Waals surface area contributed by atoms with Crippen molar-refractivity contribution in [2.45, 2.75) is 32.9 Å². The Labute approximate surface area is 131 Å². The van der Waals surface area contributed by atoms with Crippen LogP contribution in [0.15, 0.2) is 30.6 Å². The van der Waals surface area contributed by atoms with E-state index in [1.165, 1.54) is 17.8 Å². The van der Waals surface area contributed by atoms with Crippen LogP contribution < -0.4 is 10.2 Å². The number of halogens is 1. The molecule has 1 saturated heterocycles. The van der Waals surface area contributed by atoms with E-state index in [4.69, 9.17) is 0 Å². The summed E-state index contributed by atoms with van der Waals surface area (Å²) in [5.41, 5.74) is 3.44. The molecule has 0 amide bonds. The van der Waals surface area contributed by atoms with E-state index in [9.17, 15) is 4.39 Å². The predicted molar refractivity (Wildman–Crippen MR) is 86.7 cm³/mol. The Bertz CT molecular complexity index is 620. The number of rotatable bonds is 5. The molecular weight excluding hydrogens is 279 g/mol. The second-order valence-corrected chi connectivity index (χ2v) is 5.97. The van der Waals surface area contributed by atoms with Crippen molar-refractivity contribution in [3.05, 3.63) is 47.8 Å². The lowest BCUT2D eigenvalue weighted by Crippen LogP contribution is -2.34. The monoisotopic (exact) mass is 302 g/mol. The lowest BCUT2D eigenvalue weighted by molar-refractivity contribution is 0.513. The van der Waals surface area contributed by atoms with Gasteiger partial charge in [-0.15, -0.1) is 0 Å². The van der Waals surface area contributed by atoms with E-state index in [-0.39, 0.29) is 5.82 Å². The molecule has 0 unspecified atom stereocenters. The van der Waals surface area contributed by atoms with E-state index >= 15 is 0 Å². The van der Waals surface area contributed by atoms with Gasteiger partial charge < -0.3 is 14.8 Å². The Morgan fingerprint density at radius 3 is 2.73 bits per heavy atom. The maximum absolute atomic E-state index is 13.0. The molecule has 118 valence electrons. The van der Waals surface area contributed by atoms with Crippen molar-refractivity contribution in [1.82, 2.24) is 14.9 Å². The molecule has 3 rings (SSSR count). The number of imidazole rings is 1. The first-order chi connectivity index (χ1) is 10.6. The fourth-order valence-electron chi connectivity index (χ4n) is 2.97. The summed E-state index contributed by atoms with van der Waals surface area (Å²) in [7, 11) is 0. The summed E-state index contributed by atoms with van der Waals surface area (Å²) in [6.07, 6.45) is 3.03. The predicted octanol–water partition coefficient (Wildman–Crippen LogP) is 2.51. The minimum atomic E-state index is -0.177. The number of benzene rings is 1. The number of nitrogens with zero attached hydrogens (tertiary/aromatic N) is 3. The number of hydrogen-bond donors (Lipinski definition) is 1. The lowest BCUT2D eigenvalue weighted by atomic mass is 10.2. The van der Waals surface area contributed by atoms with Gasteiger partial charge in [0, 0.05) is 43.6 Å². The molecule has 4 nitrogen and oxygen atoms in total. The Morgan fingerprint density at radius 2 is 2.05 bits per heavy atom. The van der Waals surface area contributed by atoms with Crippen molar-refractivity contribution >= 4 is 5.69 Å². The summed E-state index contributed by atoms with van der Waals surface area (Å²) in [5.74, 6) is -0.177. The van der Waals surface area contributed by atoms with Gasteiger partial charge in [0.15, 0.2) is 0 Å². The van der Waals surface area contributed by atoms with Crippen molar-refractivity contribution in [2.75, 3.05) is 24.5 Å². The quantitative estimate of drug-likeness (QED) is 0.921. The molecule has 1 aromatic carbocycles. The molecule has 2 heterocycles. The smallest absolute Gasteiger partial charge is 0.123 e. The molecule has 0 aliphatic carbocycles. The maximum Gasteiger partial charge on any atom is 0.123 e. The molecule has 0 saturated carbocycles. The van der Waals surface area contributed by atoms with Gasteiger partial charge in [-0.2, -0.15) is 0 Å². The molecule has 2 aromatic rings. The molecule has 0 bridgehead atoms. The molecule has 1 aliphatic rings. The van der Waals surface area contributed by atoms with Gasteiger partial charge >= 0.3 is 0 Å². The third-order valence-electron chi connectivity index (χ3n) is 4.51. The standard InChI is InChI=1S/C17H23FN4/c1-13-14(2)22(12-20-13)10-8-19-16-7-9-21(11-16)17-5-3-15(18)4-6-17/h3-6,12,16,19H,7-11H2,1-2H3/t16-/m1/s1. The summed E-state index contributed by atoms with van der Waals surface area (Å²) < 4.78 is 15.2. The topological polar surface area (TPSA) is 33.1 Å². The summed E-state index contributed by atoms with van der Waals surface area (Å²) >= 11 is 0. The van der Waals surface area contributed by atoms with E-state index in [1.54, 1.807) is 0 Å². The Balaban J connectivity index is 1.47. The highest BCUT2D eigenvalue weighted by Crippen LogP contribution is 2.20. The van der Waals surface area contributed by atoms with Gasteiger partial charge in [0.25, 0.3) is 0 Å². The first-order valence-corrected chi connectivity index (χ1v) is 7.85. The van der Waals surface area contributed by atoms with Crippen molar-refractivity contribution in [3.63, 3.8) is 0 Å². The summed E-state index contributed by atoms with van der Waals surface area (Å²) in [4.78, 5) is 6.63. The number of aryl methyl sites for hydroxylation is 1. The van der Waals surface area contributed by atoms with E-state index in [2.05, 4.69) is 26.7 Å². The summed E-state index contributed by atoms with van der Waals surface area (Å²) in [6, 6.07) is 7.26. The molecule has 1 aliphatic heterocycles. The molecule has 5 heteroatoms. The van der Waals surface area contributed by atoms with Crippen LogP contribution in [0.2, 0.25) is 0 Å². The van der Waals surface area contributed by atoms with Gasteiger partial charge in [-0.25, -0.2) is 9.37 Å². The highest BCUT2D eigenvalue weighted by atomic mass is 19.1. The first kappa shape index (κ1) is 15.0. The van der Waals surface area contributed by atoms with Crippen molar-refractivity contribution in [1.29, 1.82) is 0 Å². The van der Waals surface area contributed by atoms with E-state index < -0.39 is 0 Å². The van der Waals surface area contributed by atoms with Crippen LogP contribution in [0, 0.1) is 19.7 Å². The van der Waals surface area contributed by atoms with Crippen molar-refractivity contribution < 1.29 is 4.39 Å². The fourth-order valence-corrected chi connectivity index (χ4v) is 2.97. The molecule has 1 fully saturated rings. The third kappa shape index (κ3) is 3.30. The Hall–Kier alpha value is -1.88. The van der Waals surface area contributed by atoms with Crippen LogP contribution in [0.4, 0.5) is 10.1 Å². The van der Waals surface area contributed by atoms with Gasteiger partial charge in [0.2, 0.25) is 0 Å². The SMILES string of the molecule is Cc1ncn(CCN[C@@H]2CCN(c3ccc(F)cc3)C2)c1C. The zero-order valence-corrected chi connectivity index (χ0v) is 13.2. The van der Waals surface area contributed by atoms with Crippen LogP contribution in [0.5, 0.6) is 0 Å². The zero-order chi connectivity index (χ0) is 15.5. The average molecular weight is 302 g/mol. The van der Waals surface area contributed by atoms with E-state index in [1.807, 2.05) is 25.4 Å². The van der Waals surface area contributed by atoms with E-state index in [0.29, 0.717) is 6.04 Å². The molecule has 1 atom stereocenters. The van der Waals surface area contributed by atoms with Gasteiger partial charge in [-0.05, 0) is 44.5 Å². The molecule has 1 N–H and O–H groups in total. The number of nitrogens with one attached hydrogen (secondary N) is 1. The van der Waals surface area contributed by atoms with Crippen molar-refractivity contribution in [2.24, 2.45) is 0 Å². The first-order valence-electron chi connectivity index (χ1n) is 7.85. The van der Waals surface area contributed by atoms with E-state index in [0.717, 1.165) is 44.0 Å². The molecule has 1 aromatic heterocycles. The normalized spacial score (nSPS) is 18.1. The number of hydrogen-bond acceptors (Lipinski definition) is 3. The van der Waals surface area contributed by atoms with Crippen LogP contribution in [-0.4, -0.2) is 35.2 Å². The number of aromatic nitrogens is 2. The van der Waals surface area contributed by atoms with Gasteiger partial charge in [0.05, 0.1) is 12.0 Å². The van der Waals surface area contributed by atoms with Crippen LogP contribution in [0.1, 0.15) is 17.8 Å². The Morgan fingerprint density at radius 1 is 1.27 bits per heavy atom. The molecule has 0 radical (unpaired) electrons. The van der Waals surface area contributed by atoms with Crippen LogP contribution in [0.3, 0.4) is 0 Å². The minimum Gasteiger partial charge on any atom is -0.370 e. The van der Waals surface area contributed by atoms with Gasteiger partial charge in [0.1, 0.15) is 5.82 Å². The second-order valence-electron chi connectivity index (χ2n) is 5.97. The largest absolute Gasteiger partial charge is 0.370 e. The molecular formula is C17H23FN4. The van der Waals surface area contributed by atoms with Crippen molar-refractivity contribution in [3.8, 4) is 0 Å². The third-order valence-corrected chi connectivity index (χ3v) is 4.51. The molecule has 0 spiro atoms. The number of anilines is 1. The maximum atomic E-state index is 13.0. The fraction of sp³-hybridized carbons (Fsp3) is 0.471.